The van der Waals surface area contributed by atoms with Crippen molar-refractivity contribution in [2.75, 3.05) is 22.7 Å². The maximum absolute atomic E-state index is 13.2. The first-order chi connectivity index (χ1) is 11.0. The molecule has 0 saturated carbocycles. The third kappa shape index (κ3) is 3.41. The zero-order valence-electron chi connectivity index (χ0n) is 12.1. The summed E-state index contributed by atoms with van der Waals surface area (Å²) in [5.41, 5.74) is 0. The highest BCUT2D eigenvalue weighted by atomic mass is 32.2. The summed E-state index contributed by atoms with van der Waals surface area (Å²) in [5, 5.41) is 6.47. The number of benzene rings is 1. The van der Waals surface area contributed by atoms with Crippen molar-refractivity contribution in [1.29, 1.82) is 0 Å². The van der Waals surface area contributed by atoms with Gasteiger partial charge in [0.15, 0.2) is 11.6 Å². The summed E-state index contributed by atoms with van der Waals surface area (Å²) < 4.78 is 52.6. The van der Waals surface area contributed by atoms with E-state index in [9.17, 15) is 17.2 Å². The van der Waals surface area contributed by atoms with Gasteiger partial charge in [-0.25, -0.2) is 27.0 Å². The Bertz CT molecular complexity index is 802. The molecule has 124 valence electrons. The number of piperidine rings is 1. The van der Waals surface area contributed by atoms with Crippen molar-refractivity contribution in [3.63, 3.8) is 0 Å². The summed E-state index contributed by atoms with van der Waals surface area (Å²) in [7, 11) is -4.08. The minimum atomic E-state index is -4.08. The van der Waals surface area contributed by atoms with E-state index in [1.165, 1.54) is 0 Å². The number of anilines is 2. The van der Waals surface area contributed by atoms with E-state index in [1.807, 2.05) is 4.90 Å². The van der Waals surface area contributed by atoms with E-state index in [-0.39, 0.29) is 5.95 Å². The summed E-state index contributed by atoms with van der Waals surface area (Å²) in [5.74, 6) is -2.02. The molecule has 0 amide bonds. The number of sulfonamides is 1. The van der Waals surface area contributed by atoms with Crippen LogP contribution in [0.4, 0.5) is 20.7 Å². The fourth-order valence-corrected chi connectivity index (χ4v) is 3.33. The van der Waals surface area contributed by atoms with Crippen LogP contribution < -0.4 is 9.62 Å². The molecule has 0 spiro atoms. The van der Waals surface area contributed by atoms with E-state index in [1.54, 1.807) is 0 Å². The molecule has 2 heterocycles. The first-order valence-corrected chi connectivity index (χ1v) is 8.59. The van der Waals surface area contributed by atoms with Crippen LogP contribution in [0.25, 0.3) is 0 Å². The van der Waals surface area contributed by atoms with Crippen LogP contribution in [0.2, 0.25) is 0 Å². The number of nitrogens with one attached hydrogen (secondary N) is 2. The molecule has 0 radical (unpaired) electrons. The molecule has 1 aliphatic heterocycles. The number of H-pyrrole nitrogens is 1. The van der Waals surface area contributed by atoms with Gasteiger partial charge in [-0.15, -0.1) is 5.10 Å². The van der Waals surface area contributed by atoms with Gasteiger partial charge in [0.05, 0.1) is 4.90 Å². The summed E-state index contributed by atoms with van der Waals surface area (Å²) >= 11 is 0. The molecule has 23 heavy (non-hydrogen) atoms. The van der Waals surface area contributed by atoms with Crippen molar-refractivity contribution in [3.05, 3.63) is 29.8 Å². The van der Waals surface area contributed by atoms with Crippen LogP contribution in [0, 0.1) is 11.6 Å². The van der Waals surface area contributed by atoms with Gasteiger partial charge in [-0.05, 0) is 37.5 Å². The number of rotatable bonds is 4. The SMILES string of the molecule is O=S(=O)(Nc1nc(N2CCCCC2)n[nH]1)c1ccc(F)c(F)c1. The van der Waals surface area contributed by atoms with E-state index < -0.39 is 26.6 Å². The molecule has 2 N–H and O–H groups in total. The van der Waals surface area contributed by atoms with Crippen molar-refractivity contribution in [3.8, 4) is 0 Å². The number of aromatic nitrogens is 3. The Hall–Kier alpha value is -2.23. The van der Waals surface area contributed by atoms with Gasteiger partial charge >= 0.3 is 0 Å². The maximum Gasteiger partial charge on any atom is 0.264 e. The number of halogens is 2. The van der Waals surface area contributed by atoms with Crippen LogP contribution in [-0.2, 0) is 10.0 Å². The fraction of sp³-hybridized carbons (Fsp3) is 0.385. The van der Waals surface area contributed by atoms with Gasteiger partial charge in [-0.3, -0.25) is 0 Å². The third-order valence-electron chi connectivity index (χ3n) is 3.54. The van der Waals surface area contributed by atoms with Crippen LogP contribution >= 0.6 is 0 Å². The van der Waals surface area contributed by atoms with Crippen molar-refractivity contribution < 1.29 is 17.2 Å². The molecule has 1 aromatic heterocycles. The largest absolute Gasteiger partial charge is 0.340 e. The Morgan fingerprint density at radius 3 is 2.57 bits per heavy atom. The van der Waals surface area contributed by atoms with Crippen molar-refractivity contribution in [2.45, 2.75) is 24.2 Å². The molecule has 1 saturated heterocycles. The number of hydrogen-bond donors (Lipinski definition) is 2. The first kappa shape index (κ1) is 15.7. The van der Waals surface area contributed by atoms with E-state index in [0.717, 1.165) is 44.5 Å². The van der Waals surface area contributed by atoms with Crippen molar-refractivity contribution in [1.82, 2.24) is 15.2 Å². The molecule has 0 atom stereocenters. The zero-order valence-corrected chi connectivity index (χ0v) is 12.9. The second-order valence-electron chi connectivity index (χ2n) is 5.21. The van der Waals surface area contributed by atoms with Crippen LogP contribution in [-0.4, -0.2) is 36.7 Å². The van der Waals surface area contributed by atoms with Gasteiger partial charge < -0.3 is 4.90 Å². The molecule has 0 bridgehead atoms. The van der Waals surface area contributed by atoms with Gasteiger partial charge in [-0.1, -0.05) is 0 Å². The first-order valence-electron chi connectivity index (χ1n) is 7.11. The Morgan fingerprint density at radius 1 is 1.13 bits per heavy atom. The molecule has 0 unspecified atom stereocenters. The molecule has 3 rings (SSSR count). The molecule has 2 aromatic rings. The van der Waals surface area contributed by atoms with E-state index >= 15 is 0 Å². The predicted molar refractivity (Wildman–Crippen MR) is 79.6 cm³/mol. The van der Waals surface area contributed by atoms with Gasteiger partial charge in [0.1, 0.15) is 0 Å². The topological polar surface area (TPSA) is 91.0 Å². The van der Waals surface area contributed by atoms with Gasteiger partial charge in [0, 0.05) is 13.1 Å². The minimum absolute atomic E-state index is 0.0738. The molecular weight excluding hydrogens is 328 g/mol. The zero-order chi connectivity index (χ0) is 16.4. The highest BCUT2D eigenvalue weighted by Crippen LogP contribution is 2.19. The van der Waals surface area contributed by atoms with Crippen LogP contribution in [0.3, 0.4) is 0 Å². The van der Waals surface area contributed by atoms with Gasteiger partial charge in [-0.2, -0.15) is 4.98 Å². The highest BCUT2D eigenvalue weighted by Gasteiger charge is 2.20. The second-order valence-corrected chi connectivity index (χ2v) is 6.90. The van der Waals surface area contributed by atoms with E-state index in [0.29, 0.717) is 12.0 Å². The van der Waals surface area contributed by atoms with Gasteiger partial charge in [0.2, 0.25) is 11.9 Å². The average molecular weight is 343 g/mol. The monoisotopic (exact) mass is 343 g/mol. The van der Waals surface area contributed by atoms with Crippen molar-refractivity contribution >= 4 is 21.9 Å². The van der Waals surface area contributed by atoms with Crippen LogP contribution in [0.5, 0.6) is 0 Å². The second kappa shape index (κ2) is 6.11. The molecule has 10 heteroatoms. The summed E-state index contributed by atoms with van der Waals surface area (Å²) in [4.78, 5) is 5.64. The lowest BCUT2D eigenvalue weighted by Crippen LogP contribution is -2.30. The Balaban J connectivity index is 1.77. The fourth-order valence-electron chi connectivity index (χ4n) is 2.36. The minimum Gasteiger partial charge on any atom is -0.340 e. The molecular formula is C13H15F2N5O2S. The average Bonchev–Trinajstić information content (AvgIpc) is 2.98. The van der Waals surface area contributed by atoms with Crippen molar-refractivity contribution in [2.24, 2.45) is 0 Å². The predicted octanol–water partition coefficient (Wildman–Crippen LogP) is 1.87. The van der Waals surface area contributed by atoms with Gasteiger partial charge in [0.25, 0.3) is 10.0 Å². The standard InChI is InChI=1S/C13H15F2N5O2S/c14-10-5-4-9(8-11(10)15)23(21,22)19-12-16-13(18-17-12)20-6-2-1-3-7-20/h4-5,8H,1-3,6-7H2,(H2,16,17,18,19). The number of aromatic amines is 1. The smallest absolute Gasteiger partial charge is 0.264 e. The number of hydrogen-bond acceptors (Lipinski definition) is 5. The Kier molecular flexibility index (Phi) is 4.16. The highest BCUT2D eigenvalue weighted by molar-refractivity contribution is 7.92. The Morgan fingerprint density at radius 2 is 1.87 bits per heavy atom. The lowest BCUT2D eigenvalue weighted by Gasteiger charge is -2.24. The summed E-state index contributed by atoms with van der Waals surface area (Å²) in [6, 6.07) is 2.34. The number of nitrogens with zero attached hydrogens (tertiary/aromatic N) is 3. The molecule has 0 aliphatic carbocycles. The normalized spacial score (nSPS) is 15.7. The molecule has 7 nitrogen and oxygen atoms in total. The van der Waals surface area contributed by atoms with E-state index in [2.05, 4.69) is 19.9 Å². The molecule has 1 aliphatic rings. The van der Waals surface area contributed by atoms with Crippen LogP contribution in [0.1, 0.15) is 19.3 Å². The molecule has 1 fully saturated rings. The maximum atomic E-state index is 13.2. The lowest BCUT2D eigenvalue weighted by molar-refractivity contribution is 0.504. The van der Waals surface area contributed by atoms with E-state index in [4.69, 9.17) is 0 Å². The van der Waals surface area contributed by atoms with Crippen LogP contribution in [0.15, 0.2) is 23.1 Å². The third-order valence-corrected chi connectivity index (χ3v) is 4.88. The summed E-state index contributed by atoms with van der Waals surface area (Å²) in [6.45, 7) is 1.63. The molecule has 1 aromatic carbocycles. The summed E-state index contributed by atoms with van der Waals surface area (Å²) in [6.07, 6.45) is 3.21. The lowest BCUT2D eigenvalue weighted by atomic mass is 10.1. The Labute approximate surface area is 131 Å². The quantitative estimate of drug-likeness (QED) is 0.884.